The third-order valence-corrected chi connectivity index (χ3v) is 4.44. The number of phenolic OH excluding ortho intramolecular Hbond substituents is 1. The fourth-order valence-electron chi connectivity index (χ4n) is 3.17. The number of fused-ring (bicyclic) bond motifs is 1. The Balaban J connectivity index is 1.75. The van der Waals surface area contributed by atoms with Gasteiger partial charge >= 0.3 is 6.18 Å². The van der Waals surface area contributed by atoms with Gasteiger partial charge in [0.2, 0.25) is 5.91 Å². The normalized spacial score (nSPS) is 16.4. The zero-order valence-corrected chi connectivity index (χ0v) is 13.3. The lowest BCUT2D eigenvalue weighted by molar-refractivity contribution is -0.140. The van der Waals surface area contributed by atoms with Crippen LogP contribution in [-0.4, -0.2) is 11.0 Å². The minimum absolute atomic E-state index is 0.0214. The molecule has 0 saturated heterocycles. The second-order valence-electron chi connectivity index (χ2n) is 6.08. The molecule has 1 aliphatic rings. The minimum atomic E-state index is -5.00. The van der Waals surface area contributed by atoms with Gasteiger partial charge in [-0.1, -0.05) is 12.1 Å². The second kappa shape index (κ2) is 6.59. The van der Waals surface area contributed by atoms with Crippen molar-refractivity contribution in [3.05, 3.63) is 64.2 Å². The fraction of sp³-hybridized carbons (Fsp3) is 0.278. The summed E-state index contributed by atoms with van der Waals surface area (Å²) in [5.74, 6) is -4.04. The van der Waals surface area contributed by atoms with E-state index in [4.69, 9.17) is 0 Å². The van der Waals surface area contributed by atoms with E-state index in [1.807, 2.05) is 0 Å². The standard InChI is InChI=1S/C18H14F5NO2/c19-13-7-12(18(21,22)23)14(20)6-10(13)8-24-17(26)11-5-4-9-2-1-3-15(25)16(9)11/h1-3,6-7,11,25H,4-5,8H2,(H,24,26). The van der Waals surface area contributed by atoms with Gasteiger partial charge in [-0.2, -0.15) is 13.2 Å². The molecule has 0 bridgehead atoms. The number of alkyl halides is 3. The van der Waals surface area contributed by atoms with Crippen molar-refractivity contribution >= 4 is 5.91 Å². The molecule has 0 aromatic heterocycles. The zero-order chi connectivity index (χ0) is 19.1. The maximum atomic E-state index is 13.8. The van der Waals surface area contributed by atoms with E-state index in [0.717, 1.165) is 5.56 Å². The smallest absolute Gasteiger partial charge is 0.419 e. The molecule has 0 radical (unpaired) electrons. The first-order chi connectivity index (χ1) is 12.2. The average Bonchev–Trinajstić information content (AvgIpc) is 2.99. The van der Waals surface area contributed by atoms with Gasteiger partial charge in [-0.05, 0) is 36.6 Å². The molecule has 1 atom stereocenters. The molecule has 0 saturated carbocycles. The van der Waals surface area contributed by atoms with E-state index < -0.39 is 41.7 Å². The number of aryl methyl sites for hydroxylation is 1. The van der Waals surface area contributed by atoms with Crippen LogP contribution in [0.5, 0.6) is 5.75 Å². The molecule has 1 unspecified atom stereocenters. The fourth-order valence-corrected chi connectivity index (χ4v) is 3.17. The van der Waals surface area contributed by atoms with Gasteiger partial charge in [0.05, 0.1) is 11.5 Å². The molecule has 2 aromatic carbocycles. The lowest BCUT2D eigenvalue weighted by atomic mass is 9.99. The number of nitrogens with one attached hydrogen (secondary N) is 1. The summed E-state index contributed by atoms with van der Waals surface area (Å²) in [7, 11) is 0. The van der Waals surface area contributed by atoms with E-state index in [2.05, 4.69) is 5.32 Å². The van der Waals surface area contributed by atoms with E-state index in [-0.39, 0.29) is 17.4 Å². The SMILES string of the molecule is O=C(NCc1cc(F)c(C(F)(F)F)cc1F)C1CCc2cccc(O)c21. The van der Waals surface area contributed by atoms with Crippen LogP contribution in [0.1, 0.15) is 34.6 Å². The largest absolute Gasteiger partial charge is 0.508 e. The lowest BCUT2D eigenvalue weighted by Gasteiger charge is -2.15. The first-order valence-corrected chi connectivity index (χ1v) is 7.82. The number of halogens is 5. The van der Waals surface area contributed by atoms with Crippen molar-refractivity contribution in [2.45, 2.75) is 31.5 Å². The molecule has 0 heterocycles. The molecule has 26 heavy (non-hydrogen) atoms. The number of hydrogen-bond acceptors (Lipinski definition) is 2. The highest BCUT2D eigenvalue weighted by Crippen LogP contribution is 2.39. The first-order valence-electron chi connectivity index (χ1n) is 7.82. The van der Waals surface area contributed by atoms with Crippen LogP contribution in [0.4, 0.5) is 22.0 Å². The van der Waals surface area contributed by atoms with Crippen LogP contribution in [0.2, 0.25) is 0 Å². The Morgan fingerprint density at radius 2 is 1.92 bits per heavy atom. The van der Waals surface area contributed by atoms with Crippen LogP contribution < -0.4 is 5.32 Å². The number of amides is 1. The van der Waals surface area contributed by atoms with Crippen molar-refractivity contribution in [3.8, 4) is 5.75 Å². The second-order valence-corrected chi connectivity index (χ2v) is 6.08. The van der Waals surface area contributed by atoms with E-state index >= 15 is 0 Å². The Hall–Kier alpha value is -2.64. The topological polar surface area (TPSA) is 49.3 Å². The summed E-state index contributed by atoms with van der Waals surface area (Å²) in [6, 6.07) is 5.41. The Morgan fingerprint density at radius 3 is 2.62 bits per heavy atom. The van der Waals surface area contributed by atoms with E-state index in [1.54, 1.807) is 12.1 Å². The average molecular weight is 371 g/mol. The maximum absolute atomic E-state index is 13.8. The van der Waals surface area contributed by atoms with E-state index in [0.29, 0.717) is 24.5 Å². The third-order valence-electron chi connectivity index (χ3n) is 4.44. The lowest BCUT2D eigenvalue weighted by Crippen LogP contribution is -2.28. The van der Waals surface area contributed by atoms with Gasteiger partial charge < -0.3 is 10.4 Å². The van der Waals surface area contributed by atoms with Gasteiger partial charge in [0.25, 0.3) is 0 Å². The van der Waals surface area contributed by atoms with Crippen LogP contribution in [0.15, 0.2) is 30.3 Å². The number of carbonyl (C=O) groups is 1. The Labute approximate surface area is 145 Å². The van der Waals surface area contributed by atoms with Crippen LogP contribution in [0, 0.1) is 11.6 Å². The highest BCUT2D eigenvalue weighted by Gasteiger charge is 2.35. The third kappa shape index (κ3) is 3.36. The molecule has 1 amide bonds. The van der Waals surface area contributed by atoms with Crippen molar-refractivity contribution in [2.24, 2.45) is 0 Å². The van der Waals surface area contributed by atoms with Gasteiger partial charge in [0, 0.05) is 17.7 Å². The molecule has 138 valence electrons. The number of carbonyl (C=O) groups excluding carboxylic acids is 1. The van der Waals surface area contributed by atoms with E-state index in [9.17, 15) is 31.9 Å². The molecule has 2 aromatic rings. The van der Waals surface area contributed by atoms with Gasteiger partial charge in [-0.3, -0.25) is 4.79 Å². The molecule has 0 fully saturated rings. The Bertz CT molecular complexity index is 863. The van der Waals surface area contributed by atoms with Crippen molar-refractivity contribution < 1.29 is 31.9 Å². The summed E-state index contributed by atoms with van der Waals surface area (Å²) in [5.41, 5.74) is -0.764. The van der Waals surface area contributed by atoms with Gasteiger partial charge in [-0.15, -0.1) is 0 Å². The molecule has 3 nitrogen and oxygen atoms in total. The quantitative estimate of drug-likeness (QED) is 0.801. The maximum Gasteiger partial charge on any atom is 0.419 e. The molecule has 3 rings (SSSR count). The Kier molecular flexibility index (Phi) is 4.60. The summed E-state index contributed by atoms with van der Waals surface area (Å²) in [6.45, 7) is -0.459. The summed E-state index contributed by atoms with van der Waals surface area (Å²) < 4.78 is 65.1. The van der Waals surface area contributed by atoms with Crippen LogP contribution in [0.25, 0.3) is 0 Å². The van der Waals surface area contributed by atoms with Crippen molar-refractivity contribution in [3.63, 3.8) is 0 Å². The molecule has 0 spiro atoms. The van der Waals surface area contributed by atoms with Gasteiger partial charge in [0.1, 0.15) is 17.4 Å². The highest BCUT2D eigenvalue weighted by atomic mass is 19.4. The van der Waals surface area contributed by atoms with Crippen LogP contribution in [-0.2, 0) is 23.9 Å². The number of phenols is 1. The molecule has 2 N–H and O–H groups in total. The molecule has 8 heteroatoms. The number of benzene rings is 2. The minimum Gasteiger partial charge on any atom is -0.508 e. The molecular formula is C18H14F5NO2. The number of hydrogen-bond donors (Lipinski definition) is 2. The molecular weight excluding hydrogens is 357 g/mol. The molecule has 0 aliphatic heterocycles. The van der Waals surface area contributed by atoms with Crippen molar-refractivity contribution in [1.82, 2.24) is 5.32 Å². The summed E-state index contributed by atoms with van der Waals surface area (Å²) >= 11 is 0. The first kappa shape index (κ1) is 18.2. The summed E-state index contributed by atoms with van der Waals surface area (Å²) in [5, 5.41) is 12.3. The molecule has 1 aliphatic carbocycles. The Morgan fingerprint density at radius 1 is 1.19 bits per heavy atom. The summed E-state index contributed by atoms with van der Waals surface area (Å²) in [6.07, 6.45) is -3.97. The van der Waals surface area contributed by atoms with Crippen molar-refractivity contribution in [1.29, 1.82) is 0 Å². The summed E-state index contributed by atoms with van der Waals surface area (Å²) in [4.78, 5) is 12.3. The highest BCUT2D eigenvalue weighted by molar-refractivity contribution is 5.85. The predicted molar refractivity (Wildman–Crippen MR) is 82.4 cm³/mol. The van der Waals surface area contributed by atoms with E-state index in [1.165, 1.54) is 6.07 Å². The van der Waals surface area contributed by atoms with Crippen LogP contribution in [0.3, 0.4) is 0 Å². The van der Waals surface area contributed by atoms with Crippen LogP contribution >= 0.6 is 0 Å². The number of rotatable bonds is 3. The monoisotopic (exact) mass is 371 g/mol. The van der Waals surface area contributed by atoms with Gasteiger partial charge in [0.15, 0.2) is 0 Å². The van der Waals surface area contributed by atoms with Gasteiger partial charge in [-0.25, -0.2) is 8.78 Å². The predicted octanol–water partition coefficient (Wildman–Crippen LogP) is 4.04. The zero-order valence-electron chi connectivity index (χ0n) is 13.3. The number of aromatic hydroxyl groups is 1. The van der Waals surface area contributed by atoms with Crippen molar-refractivity contribution in [2.75, 3.05) is 0 Å².